The molecule has 1 aromatic rings. The topological polar surface area (TPSA) is 41.1 Å². The summed E-state index contributed by atoms with van der Waals surface area (Å²) in [5.74, 6) is -0.587. The Hall–Kier alpha value is -1.13. The van der Waals surface area contributed by atoms with E-state index >= 15 is 0 Å². The summed E-state index contributed by atoms with van der Waals surface area (Å²) in [6, 6.07) is 4.29. The number of anilines is 1. The summed E-state index contributed by atoms with van der Waals surface area (Å²) in [6.45, 7) is 3.60. The van der Waals surface area contributed by atoms with Crippen molar-refractivity contribution in [3.05, 3.63) is 29.0 Å². The first-order chi connectivity index (χ1) is 8.51. The van der Waals surface area contributed by atoms with E-state index in [9.17, 15) is 9.18 Å². The van der Waals surface area contributed by atoms with Crippen molar-refractivity contribution in [1.29, 1.82) is 0 Å². The van der Waals surface area contributed by atoms with Gasteiger partial charge in [0.2, 0.25) is 5.91 Å². The molecule has 0 saturated carbocycles. The molecule has 1 fully saturated rings. The molecule has 0 bridgehead atoms. The normalized spacial score (nSPS) is 18.4. The Morgan fingerprint density at radius 2 is 2.11 bits per heavy atom. The monoisotopic (exact) mass is 270 g/mol. The van der Waals surface area contributed by atoms with E-state index in [1.165, 1.54) is 12.1 Å². The zero-order valence-electron chi connectivity index (χ0n) is 10.2. The molecule has 1 aliphatic rings. The second kappa shape index (κ2) is 5.24. The van der Waals surface area contributed by atoms with Crippen molar-refractivity contribution in [3.8, 4) is 0 Å². The van der Waals surface area contributed by atoms with Gasteiger partial charge in [-0.2, -0.15) is 0 Å². The maximum atomic E-state index is 13.3. The molecule has 0 aromatic heterocycles. The van der Waals surface area contributed by atoms with Crippen molar-refractivity contribution >= 4 is 23.2 Å². The zero-order valence-corrected chi connectivity index (χ0v) is 11.0. The molecule has 2 N–H and O–H groups in total. The third kappa shape index (κ3) is 2.82. The Balaban J connectivity index is 2.08. The number of amides is 1. The predicted molar refractivity (Wildman–Crippen MR) is 70.3 cm³/mol. The van der Waals surface area contributed by atoms with E-state index in [1.54, 1.807) is 6.07 Å². The van der Waals surface area contributed by atoms with Gasteiger partial charge in [0.05, 0.1) is 5.02 Å². The Bertz CT molecular complexity index is 458. The van der Waals surface area contributed by atoms with Crippen LogP contribution in [0, 0.1) is 11.2 Å². The highest BCUT2D eigenvalue weighted by Gasteiger charge is 2.34. The van der Waals surface area contributed by atoms with Gasteiger partial charge < -0.3 is 10.6 Å². The van der Waals surface area contributed by atoms with E-state index in [2.05, 4.69) is 10.6 Å². The van der Waals surface area contributed by atoms with Crippen LogP contribution in [0.3, 0.4) is 0 Å². The fourth-order valence-corrected chi connectivity index (χ4v) is 2.18. The number of hydrogen-bond donors (Lipinski definition) is 2. The highest BCUT2D eigenvalue weighted by molar-refractivity contribution is 6.30. The molecule has 18 heavy (non-hydrogen) atoms. The van der Waals surface area contributed by atoms with Gasteiger partial charge in [0, 0.05) is 11.1 Å². The first-order valence-corrected chi connectivity index (χ1v) is 6.36. The molecule has 0 radical (unpaired) electrons. The number of hydrogen-bond acceptors (Lipinski definition) is 2. The highest BCUT2D eigenvalue weighted by Crippen LogP contribution is 2.30. The van der Waals surface area contributed by atoms with Crippen molar-refractivity contribution < 1.29 is 9.18 Å². The summed E-state index contributed by atoms with van der Waals surface area (Å²) in [4.78, 5) is 12.2. The number of benzene rings is 1. The molecule has 0 spiro atoms. The molecule has 1 aliphatic heterocycles. The van der Waals surface area contributed by atoms with Gasteiger partial charge >= 0.3 is 0 Å². The van der Waals surface area contributed by atoms with Crippen LogP contribution in [0.4, 0.5) is 10.1 Å². The molecule has 3 nitrogen and oxygen atoms in total. The summed E-state index contributed by atoms with van der Waals surface area (Å²) in [6.07, 6.45) is 1.57. The third-order valence-electron chi connectivity index (χ3n) is 3.43. The van der Waals surface area contributed by atoms with Crippen molar-refractivity contribution in [1.82, 2.24) is 5.32 Å². The molecule has 1 amide bonds. The van der Waals surface area contributed by atoms with Crippen LogP contribution in [0.25, 0.3) is 0 Å². The number of piperidine rings is 1. The molecule has 2 rings (SSSR count). The standard InChI is InChI=1S/C13H16ClFN2O/c1-13(4-6-16-7-5-13)12(18)17-9-2-3-10(14)11(15)8-9/h2-3,8,16H,4-7H2,1H3,(H,17,18). The third-order valence-corrected chi connectivity index (χ3v) is 3.74. The number of halogens is 2. The summed E-state index contributed by atoms with van der Waals surface area (Å²) in [7, 11) is 0. The minimum absolute atomic E-state index is 0.0566. The lowest BCUT2D eigenvalue weighted by Crippen LogP contribution is -2.42. The van der Waals surface area contributed by atoms with Crippen LogP contribution in [-0.2, 0) is 4.79 Å². The van der Waals surface area contributed by atoms with Crippen molar-refractivity contribution in [2.24, 2.45) is 5.41 Å². The average molecular weight is 271 g/mol. The maximum absolute atomic E-state index is 13.3. The average Bonchev–Trinajstić information content (AvgIpc) is 2.35. The van der Waals surface area contributed by atoms with E-state index < -0.39 is 5.82 Å². The Labute approximate surface area is 111 Å². The van der Waals surface area contributed by atoms with Gasteiger partial charge in [-0.3, -0.25) is 4.79 Å². The van der Waals surface area contributed by atoms with Gasteiger partial charge in [0.1, 0.15) is 5.82 Å². The first kappa shape index (κ1) is 13.3. The van der Waals surface area contributed by atoms with Gasteiger partial charge in [-0.1, -0.05) is 18.5 Å². The minimum Gasteiger partial charge on any atom is -0.326 e. The van der Waals surface area contributed by atoms with Gasteiger partial charge in [0.25, 0.3) is 0 Å². The van der Waals surface area contributed by atoms with Crippen LogP contribution in [0.15, 0.2) is 18.2 Å². The van der Waals surface area contributed by atoms with Gasteiger partial charge in [-0.05, 0) is 44.1 Å². The zero-order chi connectivity index (χ0) is 13.2. The van der Waals surface area contributed by atoms with E-state index in [0.717, 1.165) is 25.9 Å². The van der Waals surface area contributed by atoms with Crippen molar-refractivity contribution in [2.75, 3.05) is 18.4 Å². The predicted octanol–water partition coefficient (Wildman–Crippen LogP) is 2.81. The summed E-state index contributed by atoms with van der Waals surface area (Å²) in [5, 5.41) is 6.03. The van der Waals surface area contributed by atoms with Crippen LogP contribution in [0.5, 0.6) is 0 Å². The molecule has 1 saturated heterocycles. The second-order valence-electron chi connectivity index (χ2n) is 4.89. The van der Waals surface area contributed by atoms with E-state index in [0.29, 0.717) is 5.69 Å². The Morgan fingerprint density at radius 1 is 1.44 bits per heavy atom. The van der Waals surface area contributed by atoms with Gasteiger partial charge in [-0.15, -0.1) is 0 Å². The summed E-state index contributed by atoms with van der Waals surface area (Å²) in [5.41, 5.74) is 0.0584. The molecule has 1 heterocycles. The smallest absolute Gasteiger partial charge is 0.230 e. The van der Waals surface area contributed by atoms with Crippen LogP contribution < -0.4 is 10.6 Å². The largest absolute Gasteiger partial charge is 0.326 e. The molecular formula is C13H16ClFN2O. The molecule has 0 atom stereocenters. The fourth-order valence-electron chi connectivity index (χ4n) is 2.06. The number of carbonyl (C=O) groups excluding carboxylic acids is 1. The second-order valence-corrected chi connectivity index (χ2v) is 5.30. The van der Waals surface area contributed by atoms with Gasteiger partial charge in [-0.25, -0.2) is 4.39 Å². The Kier molecular flexibility index (Phi) is 3.88. The SMILES string of the molecule is CC1(C(=O)Nc2ccc(Cl)c(F)c2)CCNCC1. The molecule has 0 unspecified atom stereocenters. The van der Waals surface area contributed by atoms with Crippen LogP contribution in [0.2, 0.25) is 5.02 Å². The molecule has 5 heteroatoms. The van der Waals surface area contributed by atoms with Gasteiger partial charge in [0.15, 0.2) is 0 Å². The number of carbonyl (C=O) groups is 1. The quantitative estimate of drug-likeness (QED) is 0.868. The van der Waals surface area contributed by atoms with Crippen LogP contribution in [-0.4, -0.2) is 19.0 Å². The molecule has 98 valence electrons. The van der Waals surface area contributed by atoms with E-state index in [1.807, 2.05) is 6.92 Å². The summed E-state index contributed by atoms with van der Waals surface area (Å²) >= 11 is 5.60. The maximum Gasteiger partial charge on any atom is 0.230 e. The minimum atomic E-state index is -0.523. The number of rotatable bonds is 2. The molecular weight excluding hydrogens is 255 g/mol. The fraction of sp³-hybridized carbons (Fsp3) is 0.462. The summed E-state index contributed by atoms with van der Waals surface area (Å²) < 4.78 is 13.3. The molecule has 0 aliphatic carbocycles. The van der Waals surface area contributed by atoms with Crippen molar-refractivity contribution in [2.45, 2.75) is 19.8 Å². The lowest BCUT2D eigenvalue weighted by Gasteiger charge is -2.32. The van der Waals surface area contributed by atoms with E-state index in [4.69, 9.17) is 11.6 Å². The Morgan fingerprint density at radius 3 is 2.72 bits per heavy atom. The van der Waals surface area contributed by atoms with Crippen LogP contribution >= 0.6 is 11.6 Å². The van der Waals surface area contributed by atoms with E-state index in [-0.39, 0.29) is 16.3 Å². The lowest BCUT2D eigenvalue weighted by atomic mass is 9.80. The van der Waals surface area contributed by atoms with Crippen molar-refractivity contribution in [3.63, 3.8) is 0 Å². The molecule has 1 aromatic carbocycles. The first-order valence-electron chi connectivity index (χ1n) is 5.98. The number of nitrogens with one attached hydrogen (secondary N) is 2. The van der Waals surface area contributed by atoms with Crippen LogP contribution in [0.1, 0.15) is 19.8 Å². The highest BCUT2D eigenvalue weighted by atomic mass is 35.5. The lowest BCUT2D eigenvalue weighted by molar-refractivity contribution is -0.126.